The number of hydrogen-bond acceptors (Lipinski definition) is 8. The Morgan fingerprint density at radius 1 is 0.976 bits per heavy atom. The van der Waals surface area contributed by atoms with Gasteiger partial charge in [-0.2, -0.15) is 4.31 Å². The molecule has 0 unspecified atom stereocenters. The fourth-order valence-corrected chi connectivity index (χ4v) is 6.52. The van der Waals surface area contributed by atoms with Crippen molar-refractivity contribution in [2.75, 3.05) is 27.3 Å². The third kappa shape index (κ3) is 6.94. The van der Waals surface area contributed by atoms with Crippen LogP contribution in [0.3, 0.4) is 0 Å². The van der Waals surface area contributed by atoms with E-state index in [4.69, 9.17) is 9.47 Å². The number of alkyl carbamates (subject to hydrolysis) is 1. The second-order valence-electron chi connectivity index (χ2n) is 9.95. The zero-order valence-corrected chi connectivity index (χ0v) is 24.2. The molecular formula is C30H33N3O8S. The molecule has 0 spiro atoms. The summed E-state index contributed by atoms with van der Waals surface area (Å²) in [7, 11) is -1.45. The quantitative estimate of drug-likeness (QED) is 0.128. The molecule has 0 aromatic heterocycles. The predicted molar refractivity (Wildman–Crippen MR) is 155 cm³/mol. The third-order valence-corrected chi connectivity index (χ3v) is 9.37. The number of nitrogens with one attached hydrogen (secondary N) is 1. The number of carbonyl (C=O) groups is 2. The van der Waals surface area contributed by atoms with Crippen LogP contribution in [0.1, 0.15) is 42.7 Å². The Bertz CT molecular complexity index is 1500. The van der Waals surface area contributed by atoms with Crippen LogP contribution in [0.4, 0.5) is 10.5 Å². The van der Waals surface area contributed by atoms with Crippen molar-refractivity contribution in [3.63, 3.8) is 0 Å². The molecule has 222 valence electrons. The summed E-state index contributed by atoms with van der Waals surface area (Å²) in [5.74, 6) is -0.613. The minimum Gasteiger partial charge on any atom is -0.469 e. The number of non-ortho nitro benzene ring substituents is 1. The summed E-state index contributed by atoms with van der Waals surface area (Å²) in [6.45, 7) is 0.507. The van der Waals surface area contributed by atoms with E-state index in [2.05, 4.69) is 17.4 Å². The highest BCUT2D eigenvalue weighted by Crippen LogP contribution is 2.44. The van der Waals surface area contributed by atoms with E-state index in [9.17, 15) is 28.1 Å². The zero-order valence-electron chi connectivity index (χ0n) is 23.4. The average molecular weight is 596 g/mol. The molecule has 0 aliphatic heterocycles. The van der Waals surface area contributed by atoms with Gasteiger partial charge in [0.2, 0.25) is 10.0 Å². The number of rotatable bonds is 13. The summed E-state index contributed by atoms with van der Waals surface area (Å²) in [5, 5.41) is 13.7. The van der Waals surface area contributed by atoms with E-state index in [0.717, 1.165) is 50.8 Å². The molecule has 1 amide bonds. The predicted octanol–water partition coefficient (Wildman–Crippen LogP) is 4.86. The number of nitro groups is 1. The topological polar surface area (TPSA) is 145 Å². The molecule has 1 aliphatic rings. The molecule has 0 saturated carbocycles. The number of amides is 1. The Kier molecular flexibility index (Phi) is 9.92. The monoisotopic (exact) mass is 595 g/mol. The van der Waals surface area contributed by atoms with Crippen molar-refractivity contribution < 1.29 is 32.4 Å². The number of fused-ring (bicyclic) bond motifs is 3. The maximum absolute atomic E-state index is 13.2. The molecule has 0 heterocycles. The largest absolute Gasteiger partial charge is 0.469 e. The highest BCUT2D eigenvalue weighted by Gasteiger charge is 2.31. The van der Waals surface area contributed by atoms with E-state index >= 15 is 0 Å². The molecule has 0 radical (unpaired) electrons. The van der Waals surface area contributed by atoms with Gasteiger partial charge in [0.05, 0.1) is 23.3 Å². The SMILES string of the molecule is COC(=O)C[C@H](CCCCNC(=O)OCC1c2ccccc2-c2ccccc21)N(C)S(=O)(=O)c1ccc([N+](=O)[O-])cc1. The Morgan fingerprint density at radius 3 is 2.14 bits per heavy atom. The van der Waals surface area contributed by atoms with Crippen molar-refractivity contribution in [2.45, 2.75) is 42.5 Å². The summed E-state index contributed by atoms with van der Waals surface area (Å²) in [6, 6.07) is 20.0. The van der Waals surface area contributed by atoms with Crippen LogP contribution in [0.2, 0.25) is 0 Å². The van der Waals surface area contributed by atoms with Crippen molar-refractivity contribution in [1.82, 2.24) is 9.62 Å². The number of sulfonamides is 1. The zero-order chi connectivity index (χ0) is 30.3. The van der Waals surface area contributed by atoms with Gasteiger partial charge in [-0.15, -0.1) is 0 Å². The summed E-state index contributed by atoms with van der Waals surface area (Å²) >= 11 is 0. The van der Waals surface area contributed by atoms with E-state index in [0.29, 0.717) is 25.8 Å². The first kappa shape index (κ1) is 30.7. The number of hydrogen-bond donors (Lipinski definition) is 1. The van der Waals surface area contributed by atoms with Crippen molar-refractivity contribution in [2.24, 2.45) is 0 Å². The second kappa shape index (κ2) is 13.6. The smallest absolute Gasteiger partial charge is 0.407 e. The van der Waals surface area contributed by atoms with Gasteiger partial charge in [-0.25, -0.2) is 13.2 Å². The number of nitro benzene ring substituents is 1. The van der Waals surface area contributed by atoms with Gasteiger partial charge in [-0.05, 0) is 47.2 Å². The molecule has 0 saturated heterocycles. The Labute approximate surface area is 244 Å². The maximum atomic E-state index is 13.2. The summed E-state index contributed by atoms with van der Waals surface area (Å²) in [6.07, 6.45) is 0.642. The fourth-order valence-electron chi connectivity index (χ4n) is 5.14. The molecule has 1 aliphatic carbocycles. The lowest BCUT2D eigenvalue weighted by molar-refractivity contribution is -0.384. The van der Waals surface area contributed by atoms with Crippen molar-refractivity contribution in [1.29, 1.82) is 0 Å². The molecule has 3 aromatic rings. The lowest BCUT2D eigenvalue weighted by atomic mass is 9.98. The number of benzene rings is 3. The second-order valence-corrected chi connectivity index (χ2v) is 12.0. The normalized spacial score (nSPS) is 13.2. The van der Waals surface area contributed by atoms with Crippen LogP contribution in [0.15, 0.2) is 77.7 Å². The minimum atomic E-state index is -4.04. The number of unbranched alkanes of at least 4 members (excludes halogenated alkanes) is 1. The fraction of sp³-hybridized carbons (Fsp3) is 0.333. The minimum absolute atomic E-state index is 0.0459. The molecular weight excluding hydrogens is 562 g/mol. The molecule has 42 heavy (non-hydrogen) atoms. The number of methoxy groups -OCH3 is 1. The Morgan fingerprint density at radius 2 is 1.57 bits per heavy atom. The summed E-state index contributed by atoms with van der Waals surface area (Å²) < 4.78 is 37.7. The van der Waals surface area contributed by atoms with Gasteiger partial charge in [0.1, 0.15) is 6.61 Å². The van der Waals surface area contributed by atoms with E-state index in [1.165, 1.54) is 14.2 Å². The Balaban J connectivity index is 1.28. The van der Waals surface area contributed by atoms with Gasteiger partial charge >= 0.3 is 12.1 Å². The molecule has 4 rings (SSSR count). The number of esters is 1. The van der Waals surface area contributed by atoms with E-state index in [-0.39, 0.29) is 29.5 Å². The molecule has 12 heteroatoms. The molecule has 0 bridgehead atoms. The van der Waals surface area contributed by atoms with Gasteiger partial charge in [0, 0.05) is 37.7 Å². The van der Waals surface area contributed by atoms with Crippen molar-refractivity contribution in [3.8, 4) is 11.1 Å². The lowest BCUT2D eigenvalue weighted by Gasteiger charge is -2.27. The van der Waals surface area contributed by atoms with Gasteiger partial charge in [0.25, 0.3) is 5.69 Å². The standard InChI is InChI=1S/C30H33N3O8S/c1-32(42(38,39)23-16-14-21(15-17-23)33(36)37)22(19-29(34)40-2)9-7-8-18-31-30(35)41-20-28-26-12-5-3-10-24(26)25-11-4-6-13-27(25)28/h3-6,10-17,22,28H,7-9,18-20H2,1-2H3,(H,31,35)/t22-/m0/s1. The molecule has 1 N–H and O–H groups in total. The first-order valence-electron chi connectivity index (χ1n) is 13.5. The van der Waals surface area contributed by atoms with Gasteiger partial charge in [0.15, 0.2) is 0 Å². The Hall–Kier alpha value is -4.29. The van der Waals surface area contributed by atoms with Crippen LogP contribution in [-0.4, -0.2) is 63.1 Å². The highest BCUT2D eigenvalue weighted by atomic mass is 32.2. The first-order valence-corrected chi connectivity index (χ1v) is 15.0. The van der Waals surface area contributed by atoms with Gasteiger partial charge < -0.3 is 14.8 Å². The lowest BCUT2D eigenvalue weighted by Crippen LogP contribution is -2.39. The maximum Gasteiger partial charge on any atom is 0.407 e. The van der Waals surface area contributed by atoms with Crippen LogP contribution < -0.4 is 5.32 Å². The van der Waals surface area contributed by atoms with E-state index in [1.807, 2.05) is 36.4 Å². The highest BCUT2D eigenvalue weighted by molar-refractivity contribution is 7.89. The summed E-state index contributed by atoms with van der Waals surface area (Å²) in [5.41, 5.74) is 4.30. The van der Waals surface area contributed by atoms with Crippen LogP contribution in [0, 0.1) is 10.1 Å². The van der Waals surface area contributed by atoms with Crippen LogP contribution >= 0.6 is 0 Å². The third-order valence-electron chi connectivity index (χ3n) is 7.45. The number of nitrogens with zero attached hydrogens (tertiary/aromatic N) is 2. The van der Waals surface area contributed by atoms with Gasteiger partial charge in [-0.1, -0.05) is 55.0 Å². The summed E-state index contributed by atoms with van der Waals surface area (Å²) in [4.78, 5) is 34.7. The van der Waals surface area contributed by atoms with E-state index < -0.39 is 33.1 Å². The molecule has 3 aromatic carbocycles. The van der Waals surface area contributed by atoms with E-state index in [1.54, 1.807) is 0 Å². The van der Waals surface area contributed by atoms with Crippen LogP contribution in [0.25, 0.3) is 11.1 Å². The number of carbonyl (C=O) groups excluding carboxylic acids is 2. The van der Waals surface area contributed by atoms with Crippen molar-refractivity contribution >= 4 is 27.8 Å². The molecule has 0 fully saturated rings. The first-order chi connectivity index (χ1) is 20.1. The molecule has 11 nitrogen and oxygen atoms in total. The average Bonchev–Trinajstić information content (AvgIpc) is 3.32. The molecule has 1 atom stereocenters. The van der Waals surface area contributed by atoms with Crippen LogP contribution in [0.5, 0.6) is 0 Å². The number of ether oxygens (including phenoxy) is 2. The van der Waals surface area contributed by atoms with Gasteiger partial charge in [-0.3, -0.25) is 14.9 Å². The van der Waals surface area contributed by atoms with Crippen LogP contribution in [-0.2, 0) is 24.3 Å². The van der Waals surface area contributed by atoms with Crippen molar-refractivity contribution in [3.05, 3.63) is 94.0 Å².